The molecule has 1 heterocycles. The highest BCUT2D eigenvalue weighted by molar-refractivity contribution is 5.96. The summed E-state index contributed by atoms with van der Waals surface area (Å²) in [5, 5.41) is 13.2. The minimum atomic E-state index is -0.817. The van der Waals surface area contributed by atoms with Crippen LogP contribution in [0.3, 0.4) is 0 Å². The number of pyridine rings is 1. The summed E-state index contributed by atoms with van der Waals surface area (Å²) in [6.07, 6.45) is 2.61. The van der Waals surface area contributed by atoms with Crippen LogP contribution < -0.4 is 10.9 Å². The number of carbonyl (C=O) groups excluding carboxylic acids is 1. The van der Waals surface area contributed by atoms with Crippen LogP contribution in [0.25, 0.3) is 10.8 Å². The standard InChI is InChI=1S/C17H18N2O4/c20-15-13-7-2-1-4-10(13)9-14(19-15)16(21)18-12-6-3-5-11(8-12)17(22)23/h1-2,4,7,9,11-12H,3,5-6,8H2,(H,18,21)(H,19,20)(H,22,23). The summed E-state index contributed by atoms with van der Waals surface area (Å²) in [4.78, 5) is 38.1. The quantitative estimate of drug-likeness (QED) is 0.805. The predicted molar refractivity (Wildman–Crippen MR) is 85.4 cm³/mol. The Bertz CT molecular complexity index is 812. The summed E-state index contributed by atoms with van der Waals surface area (Å²) >= 11 is 0. The zero-order chi connectivity index (χ0) is 16.4. The van der Waals surface area contributed by atoms with Gasteiger partial charge in [0, 0.05) is 11.4 Å². The van der Waals surface area contributed by atoms with E-state index in [1.54, 1.807) is 24.3 Å². The van der Waals surface area contributed by atoms with Crippen molar-refractivity contribution in [2.24, 2.45) is 5.92 Å². The molecular weight excluding hydrogens is 296 g/mol. The van der Waals surface area contributed by atoms with Crippen molar-refractivity contribution >= 4 is 22.6 Å². The molecule has 0 saturated heterocycles. The van der Waals surface area contributed by atoms with Gasteiger partial charge in [0.15, 0.2) is 0 Å². The predicted octanol–water partition coefficient (Wildman–Crippen LogP) is 1.90. The summed E-state index contributed by atoms with van der Waals surface area (Å²) in [6.45, 7) is 0. The van der Waals surface area contributed by atoms with E-state index >= 15 is 0 Å². The average molecular weight is 314 g/mol. The van der Waals surface area contributed by atoms with Gasteiger partial charge in [0.1, 0.15) is 5.69 Å². The Balaban J connectivity index is 1.78. The molecule has 23 heavy (non-hydrogen) atoms. The van der Waals surface area contributed by atoms with Crippen LogP contribution >= 0.6 is 0 Å². The van der Waals surface area contributed by atoms with E-state index in [1.165, 1.54) is 0 Å². The van der Waals surface area contributed by atoms with Gasteiger partial charge in [-0.1, -0.05) is 24.6 Å². The Morgan fingerprint density at radius 2 is 2.00 bits per heavy atom. The largest absolute Gasteiger partial charge is 0.481 e. The summed E-state index contributed by atoms with van der Waals surface area (Å²) < 4.78 is 0. The minimum Gasteiger partial charge on any atom is -0.481 e. The summed E-state index contributed by atoms with van der Waals surface area (Å²) in [5.41, 5.74) is -0.105. The van der Waals surface area contributed by atoms with E-state index in [-0.39, 0.29) is 23.2 Å². The molecule has 3 N–H and O–H groups in total. The molecule has 2 atom stereocenters. The maximum atomic E-state index is 12.4. The molecule has 1 amide bonds. The molecule has 1 fully saturated rings. The van der Waals surface area contributed by atoms with Gasteiger partial charge in [0.05, 0.1) is 5.92 Å². The lowest BCUT2D eigenvalue weighted by Gasteiger charge is -2.27. The number of carboxylic acid groups (broad SMARTS) is 1. The SMILES string of the molecule is O=C(NC1CCCC(C(=O)O)C1)c1cc2ccccc2c(=O)[nH]1. The molecule has 1 aliphatic carbocycles. The number of hydrogen-bond acceptors (Lipinski definition) is 3. The van der Waals surface area contributed by atoms with Crippen LogP contribution in [0.5, 0.6) is 0 Å². The molecule has 0 aliphatic heterocycles. The first-order valence-corrected chi connectivity index (χ1v) is 7.70. The van der Waals surface area contributed by atoms with Gasteiger partial charge >= 0.3 is 5.97 Å². The lowest BCUT2D eigenvalue weighted by Crippen LogP contribution is -2.40. The highest BCUT2D eigenvalue weighted by atomic mass is 16.4. The first-order valence-electron chi connectivity index (χ1n) is 7.70. The third-order valence-corrected chi connectivity index (χ3v) is 4.36. The maximum absolute atomic E-state index is 12.4. The number of benzene rings is 1. The lowest BCUT2D eigenvalue weighted by molar-refractivity contribution is -0.143. The minimum absolute atomic E-state index is 0.174. The van der Waals surface area contributed by atoms with E-state index < -0.39 is 11.9 Å². The molecule has 2 aromatic rings. The third kappa shape index (κ3) is 3.26. The molecule has 0 bridgehead atoms. The second-order valence-electron chi connectivity index (χ2n) is 5.97. The zero-order valence-corrected chi connectivity index (χ0v) is 12.5. The number of aliphatic carboxylic acids is 1. The molecule has 3 rings (SSSR count). The number of carbonyl (C=O) groups is 2. The number of nitrogens with one attached hydrogen (secondary N) is 2. The van der Waals surface area contributed by atoms with Crippen LogP contribution in [0.15, 0.2) is 35.1 Å². The second kappa shape index (κ2) is 6.24. The van der Waals surface area contributed by atoms with Crippen molar-refractivity contribution in [2.75, 3.05) is 0 Å². The van der Waals surface area contributed by atoms with Crippen molar-refractivity contribution in [3.8, 4) is 0 Å². The Morgan fingerprint density at radius 1 is 1.22 bits per heavy atom. The van der Waals surface area contributed by atoms with Crippen LogP contribution in [-0.2, 0) is 4.79 Å². The van der Waals surface area contributed by atoms with Crippen LogP contribution in [0.1, 0.15) is 36.2 Å². The maximum Gasteiger partial charge on any atom is 0.306 e. The third-order valence-electron chi connectivity index (χ3n) is 4.36. The topological polar surface area (TPSA) is 99.3 Å². The van der Waals surface area contributed by atoms with E-state index in [0.29, 0.717) is 23.6 Å². The fraction of sp³-hybridized carbons (Fsp3) is 0.353. The average Bonchev–Trinajstić information content (AvgIpc) is 2.55. The first-order chi connectivity index (χ1) is 11.0. The smallest absolute Gasteiger partial charge is 0.306 e. The summed E-state index contributed by atoms with van der Waals surface area (Å²) in [5.74, 6) is -1.60. The molecule has 1 aromatic carbocycles. The van der Waals surface area contributed by atoms with E-state index in [2.05, 4.69) is 10.3 Å². The summed E-state index contributed by atoms with van der Waals surface area (Å²) in [7, 11) is 0. The molecule has 1 saturated carbocycles. The van der Waals surface area contributed by atoms with E-state index in [9.17, 15) is 14.4 Å². The van der Waals surface area contributed by atoms with Gasteiger partial charge in [-0.2, -0.15) is 0 Å². The van der Waals surface area contributed by atoms with Crippen molar-refractivity contribution in [2.45, 2.75) is 31.7 Å². The first kappa shape index (κ1) is 15.3. The normalized spacial score (nSPS) is 21.0. The van der Waals surface area contributed by atoms with E-state index in [4.69, 9.17) is 5.11 Å². The van der Waals surface area contributed by atoms with Gasteiger partial charge in [0.25, 0.3) is 11.5 Å². The molecule has 1 aromatic heterocycles. The Hall–Kier alpha value is -2.63. The fourth-order valence-corrected chi connectivity index (χ4v) is 3.14. The van der Waals surface area contributed by atoms with E-state index in [1.807, 2.05) is 6.07 Å². The molecule has 120 valence electrons. The van der Waals surface area contributed by atoms with Gasteiger partial charge < -0.3 is 15.4 Å². The molecule has 0 radical (unpaired) electrons. The van der Waals surface area contributed by atoms with Crippen LogP contribution in [0, 0.1) is 5.92 Å². The van der Waals surface area contributed by atoms with Crippen molar-refractivity contribution < 1.29 is 14.7 Å². The monoisotopic (exact) mass is 314 g/mol. The molecule has 6 heteroatoms. The number of rotatable bonds is 3. The Morgan fingerprint density at radius 3 is 2.78 bits per heavy atom. The highest BCUT2D eigenvalue weighted by Crippen LogP contribution is 2.24. The Labute approximate surface area is 132 Å². The van der Waals surface area contributed by atoms with Gasteiger partial charge in [-0.15, -0.1) is 0 Å². The van der Waals surface area contributed by atoms with Gasteiger partial charge in [-0.05, 0) is 36.8 Å². The number of carboxylic acids is 1. The number of aromatic amines is 1. The Kier molecular flexibility index (Phi) is 4.14. The van der Waals surface area contributed by atoms with Crippen molar-refractivity contribution in [1.29, 1.82) is 0 Å². The zero-order valence-electron chi connectivity index (χ0n) is 12.5. The van der Waals surface area contributed by atoms with Gasteiger partial charge in [0.2, 0.25) is 0 Å². The van der Waals surface area contributed by atoms with E-state index in [0.717, 1.165) is 12.8 Å². The molecule has 1 aliphatic rings. The number of aromatic nitrogens is 1. The molecule has 6 nitrogen and oxygen atoms in total. The van der Waals surface area contributed by atoms with Gasteiger partial charge in [-0.25, -0.2) is 0 Å². The highest BCUT2D eigenvalue weighted by Gasteiger charge is 2.28. The lowest BCUT2D eigenvalue weighted by atomic mass is 9.86. The van der Waals surface area contributed by atoms with Crippen LogP contribution in [0.2, 0.25) is 0 Å². The fourth-order valence-electron chi connectivity index (χ4n) is 3.14. The van der Waals surface area contributed by atoms with Crippen LogP contribution in [-0.4, -0.2) is 28.0 Å². The number of hydrogen-bond donors (Lipinski definition) is 3. The number of H-pyrrole nitrogens is 1. The van der Waals surface area contributed by atoms with Crippen molar-refractivity contribution in [1.82, 2.24) is 10.3 Å². The number of amides is 1. The second-order valence-corrected chi connectivity index (χ2v) is 5.97. The number of fused-ring (bicyclic) bond motifs is 1. The van der Waals surface area contributed by atoms with Crippen molar-refractivity contribution in [3.05, 3.63) is 46.4 Å². The molecule has 0 spiro atoms. The molecular formula is C17H18N2O4. The summed E-state index contributed by atoms with van der Waals surface area (Å²) in [6, 6.07) is 8.53. The van der Waals surface area contributed by atoms with Crippen LogP contribution in [0.4, 0.5) is 0 Å². The molecule has 2 unspecified atom stereocenters. The van der Waals surface area contributed by atoms with Gasteiger partial charge in [-0.3, -0.25) is 14.4 Å². The van der Waals surface area contributed by atoms with Crippen molar-refractivity contribution in [3.63, 3.8) is 0 Å².